The lowest BCUT2D eigenvalue weighted by Crippen LogP contribution is -2.11. The zero-order valence-electron chi connectivity index (χ0n) is 6.96. The number of rotatable bonds is 2. The van der Waals surface area contributed by atoms with Gasteiger partial charge in [-0.2, -0.15) is 5.10 Å². The van der Waals surface area contributed by atoms with Gasteiger partial charge in [-0.25, -0.2) is 9.50 Å². The third-order valence-corrected chi connectivity index (χ3v) is 1.82. The van der Waals surface area contributed by atoms with Crippen LogP contribution in [0.5, 0.6) is 0 Å². The molecule has 2 aromatic heterocycles. The quantitative estimate of drug-likeness (QED) is 0.663. The third-order valence-electron chi connectivity index (χ3n) is 1.82. The number of nitrogens with zero attached hydrogens (tertiary/aromatic N) is 3. The fraction of sp³-hybridized carbons (Fsp3) is 0.250. The lowest BCUT2D eigenvalue weighted by Gasteiger charge is -2.00. The monoisotopic (exact) mass is 178 g/mol. The minimum Gasteiger partial charge on any atom is -0.385 e. The summed E-state index contributed by atoms with van der Waals surface area (Å²) >= 11 is 0. The second kappa shape index (κ2) is 3.12. The molecule has 0 spiro atoms. The first-order chi connectivity index (χ1) is 6.31. The van der Waals surface area contributed by atoms with Crippen molar-refractivity contribution in [2.75, 3.05) is 6.54 Å². The van der Waals surface area contributed by atoms with Crippen LogP contribution in [0.4, 0.5) is 0 Å². The highest BCUT2D eigenvalue weighted by Gasteiger charge is 2.09. The van der Waals surface area contributed by atoms with Gasteiger partial charge in [-0.15, -0.1) is 0 Å². The zero-order valence-corrected chi connectivity index (χ0v) is 6.96. The predicted molar refractivity (Wildman–Crippen MR) is 47.0 cm³/mol. The zero-order chi connectivity index (χ0) is 9.26. The number of hydrogen-bond donors (Lipinski definition) is 2. The van der Waals surface area contributed by atoms with Crippen molar-refractivity contribution in [2.45, 2.75) is 6.10 Å². The van der Waals surface area contributed by atoms with Crippen molar-refractivity contribution in [3.8, 4) is 0 Å². The lowest BCUT2D eigenvalue weighted by molar-refractivity contribution is 0.181. The minimum atomic E-state index is -0.707. The molecule has 2 heterocycles. The van der Waals surface area contributed by atoms with Gasteiger partial charge < -0.3 is 10.8 Å². The average molecular weight is 178 g/mol. The van der Waals surface area contributed by atoms with Crippen LogP contribution in [-0.2, 0) is 0 Å². The van der Waals surface area contributed by atoms with Crippen LogP contribution in [0.2, 0.25) is 0 Å². The maximum absolute atomic E-state index is 9.40. The third kappa shape index (κ3) is 1.39. The maximum atomic E-state index is 9.40. The van der Waals surface area contributed by atoms with Crippen molar-refractivity contribution in [1.82, 2.24) is 14.6 Å². The number of hydrogen-bond acceptors (Lipinski definition) is 4. The number of nitrogens with two attached hydrogens (primary N) is 1. The molecule has 0 radical (unpaired) electrons. The highest BCUT2D eigenvalue weighted by atomic mass is 16.3. The smallest absolute Gasteiger partial charge is 0.155 e. The van der Waals surface area contributed by atoms with Gasteiger partial charge in [0.1, 0.15) is 6.10 Å². The van der Waals surface area contributed by atoms with E-state index in [0.29, 0.717) is 11.3 Å². The van der Waals surface area contributed by atoms with Crippen molar-refractivity contribution in [1.29, 1.82) is 0 Å². The largest absolute Gasteiger partial charge is 0.385 e. The highest BCUT2D eigenvalue weighted by molar-refractivity contribution is 5.38. The SMILES string of the molecule is NC[C@@H](O)c1cc2ncccn2n1. The normalized spacial score (nSPS) is 13.4. The van der Waals surface area contributed by atoms with Gasteiger partial charge in [-0.1, -0.05) is 0 Å². The van der Waals surface area contributed by atoms with E-state index >= 15 is 0 Å². The van der Waals surface area contributed by atoms with Crippen molar-refractivity contribution < 1.29 is 5.11 Å². The summed E-state index contributed by atoms with van der Waals surface area (Å²) in [4.78, 5) is 4.07. The molecule has 3 N–H and O–H groups in total. The molecule has 0 saturated heterocycles. The molecule has 1 atom stereocenters. The molecule has 5 heteroatoms. The molecule has 5 nitrogen and oxygen atoms in total. The standard InChI is InChI=1S/C8H10N4O/c9-5-7(13)6-4-8-10-2-1-3-12(8)11-6/h1-4,7,13H,5,9H2/t7-/m1/s1. The topological polar surface area (TPSA) is 76.4 Å². The first kappa shape index (κ1) is 8.15. The molecule has 0 aliphatic carbocycles. The van der Waals surface area contributed by atoms with E-state index in [0.717, 1.165) is 0 Å². The van der Waals surface area contributed by atoms with Crippen LogP contribution in [0, 0.1) is 0 Å². The first-order valence-electron chi connectivity index (χ1n) is 3.99. The summed E-state index contributed by atoms with van der Waals surface area (Å²) in [5, 5.41) is 13.5. The summed E-state index contributed by atoms with van der Waals surface area (Å²) in [5.41, 5.74) is 6.58. The Morgan fingerprint density at radius 2 is 2.46 bits per heavy atom. The van der Waals surface area contributed by atoms with E-state index in [9.17, 15) is 5.11 Å². The molecule has 0 fully saturated rings. The summed E-state index contributed by atoms with van der Waals surface area (Å²) < 4.78 is 1.61. The number of aromatic nitrogens is 3. The van der Waals surface area contributed by atoms with Gasteiger partial charge in [0.2, 0.25) is 0 Å². The second-order valence-electron chi connectivity index (χ2n) is 2.74. The molecule has 0 saturated carbocycles. The van der Waals surface area contributed by atoms with E-state index in [4.69, 9.17) is 5.73 Å². The van der Waals surface area contributed by atoms with Crippen LogP contribution in [-0.4, -0.2) is 26.2 Å². The molecule has 0 bridgehead atoms. The van der Waals surface area contributed by atoms with E-state index < -0.39 is 6.10 Å². The van der Waals surface area contributed by atoms with Gasteiger partial charge in [0.05, 0.1) is 5.69 Å². The molecular weight excluding hydrogens is 168 g/mol. The Morgan fingerprint density at radius 1 is 1.62 bits per heavy atom. The van der Waals surface area contributed by atoms with Crippen molar-refractivity contribution in [2.24, 2.45) is 5.73 Å². The van der Waals surface area contributed by atoms with Crippen LogP contribution < -0.4 is 5.73 Å². The molecule has 0 aliphatic heterocycles. The fourth-order valence-corrected chi connectivity index (χ4v) is 1.13. The second-order valence-corrected chi connectivity index (χ2v) is 2.74. The Labute approximate surface area is 74.8 Å². The Bertz CT molecular complexity index is 378. The van der Waals surface area contributed by atoms with E-state index in [1.54, 1.807) is 29.0 Å². The lowest BCUT2D eigenvalue weighted by atomic mass is 10.2. The van der Waals surface area contributed by atoms with Gasteiger partial charge in [-0.05, 0) is 6.07 Å². The van der Waals surface area contributed by atoms with E-state index in [2.05, 4.69) is 10.1 Å². The Morgan fingerprint density at radius 3 is 3.15 bits per heavy atom. The molecule has 2 aromatic rings. The Hall–Kier alpha value is -1.46. The molecule has 0 unspecified atom stereocenters. The van der Waals surface area contributed by atoms with Crippen LogP contribution in [0.1, 0.15) is 11.8 Å². The summed E-state index contributed by atoms with van der Waals surface area (Å²) in [6.45, 7) is 0.171. The van der Waals surface area contributed by atoms with Crippen LogP contribution in [0.25, 0.3) is 5.65 Å². The summed E-state index contributed by atoms with van der Waals surface area (Å²) in [7, 11) is 0. The van der Waals surface area contributed by atoms with E-state index in [1.807, 2.05) is 0 Å². The van der Waals surface area contributed by atoms with Crippen molar-refractivity contribution in [3.63, 3.8) is 0 Å². The highest BCUT2D eigenvalue weighted by Crippen LogP contribution is 2.10. The minimum absolute atomic E-state index is 0.171. The molecule has 0 aliphatic rings. The summed E-state index contributed by atoms with van der Waals surface area (Å²) in [6, 6.07) is 3.50. The number of aliphatic hydroxyl groups is 1. The van der Waals surface area contributed by atoms with Gasteiger partial charge in [-0.3, -0.25) is 0 Å². The summed E-state index contributed by atoms with van der Waals surface area (Å²) in [6.07, 6.45) is 2.74. The molecule has 0 amide bonds. The number of fused-ring (bicyclic) bond motifs is 1. The van der Waals surface area contributed by atoms with Crippen LogP contribution in [0.3, 0.4) is 0 Å². The van der Waals surface area contributed by atoms with Gasteiger partial charge in [0.25, 0.3) is 0 Å². The Kier molecular flexibility index (Phi) is 1.96. The molecular formula is C8H10N4O. The van der Waals surface area contributed by atoms with Crippen LogP contribution >= 0.6 is 0 Å². The molecule has 2 rings (SSSR count). The first-order valence-corrected chi connectivity index (χ1v) is 3.99. The molecule has 13 heavy (non-hydrogen) atoms. The fourth-order valence-electron chi connectivity index (χ4n) is 1.13. The van der Waals surface area contributed by atoms with Gasteiger partial charge in [0.15, 0.2) is 5.65 Å². The Balaban J connectivity index is 2.49. The molecule has 0 aromatic carbocycles. The van der Waals surface area contributed by atoms with E-state index in [-0.39, 0.29) is 6.54 Å². The van der Waals surface area contributed by atoms with Crippen LogP contribution in [0.15, 0.2) is 24.5 Å². The van der Waals surface area contributed by atoms with Gasteiger partial charge in [0, 0.05) is 25.0 Å². The van der Waals surface area contributed by atoms with Crippen molar-refractivity contribution in [3.05, 3.63) is 30.2 Å². The maximum Gasteiger partial charge on any atom is 0.155 e. The van der Waals surface area contributed by atoms with E-state index in [1.165, 1.54) is 0 Å². The van der Waals surface area contributed by atoms with Crippen molar-refractivity contribution >= 4 is 5.65 Å². The average Bonchev–Trinajstić information content (AvgIpc) is 2.59. The predicted octanol–water partition coefficient (Wildman–Crippen LogP) is -0.279. The van der Waals surface area contributed by atoms with Gasteiger partial charge >= 0.3 is 0 Å². The summed E-state index contributed by atoms with van der Waals surface area (Å²) in [5.74, 6) is 0. The number of aliphatic hydroxyl groups excluding tert-OH is 1. The molecule has 68 valence electrons.